The number of carbonyl (C=O) groups excluding carboxylic acids is 1. The fraction of sp³-hybridized carbons (Fsp3) is 0. The first kappa shape index (κ1) is 14.2. The molecular formula is C16H12FN3OS. The molecule has 0 saturated carbocycles. The second kappa shape index (κ2) is 6.36. The number of nitrogens with one attached hydrogen (secondary N) is 2. The number of nitrogens with zero attached hydrogens (tertiary/aromatic N) is 1. The average Bonchev–Trinajstić information content (AvgIpc) is 3.03. The number of para-hydroxylation sites is 1. The molecule has 0 aliphatic heterocycles. The summed E-state index contributed by atoms with van der Waals surface area (Å²) in [6.45, 7) is 0. The van der Waals surface area contributed by atoms with Crippen molar-refractivity contribution in [2.24, 2.45) is 0 Å². The molecule has 110 valence electrons. The normalized spacial score (nSPS) is 10.2. The van der Waals surface area contributed by atoms with Gasteiger partial charge in [0.1, 0.15) is 5.82 Å². The smallest absolute Gasteiger partial charge is 0.255 e. The SMILES string of the molecule is O=C(Nc1ccccc1F)c1cccc(Nc2nccs2)c1. The molecule has 4 nitrogen and oxygen atoms in total. The largest absolute Gasteiger partial charge is 0.332 e. The second-order valence-corrected chi connectivity index (χ2v) is 5.37. The molecule has 0 radical (unpaired) electrons. The molecule has 22 heavy (non-hydrogen) atoms. The molecule has 0 saturated heterocycles. The number of amides is 1. The molecule has 0 fully saturated rings. The monoisotopic (exact) mass is 313 g/mol. The van der Waals surface area contributed by atoms with Crippen LogP contribution in [-0.2, 0) is 0 Å². The Balaban J connectivity index is 1.77. The zero-order chi connectivity index (χ0) is 15.4. The number of hydrogen-bond acceptors (Lipinski definition) is 4. The summed E-state index contributed by atoms with van der Waals surface area (Å²) in [6.07, 6.45) is 1.70. The van der Waals surface area contributed by atoms with Crippen LogP contribution in [0.1, 0.15) is 10.4 Å². The molecule has 3 rings (SSSR count). The van der Waals surface area contributed by atoms with Crippen molar-refractivity contribution in [2.75, 3.05) is 10.6 Å². The van der Waals surface area contributed by atoms with Crippen LogP contribution in [0.15, 0.2) is 60.1 Å². The maximum absolute atomic E-state index is 13.6. The highest BCUT2D eigenvalue weighted by Gasteiger charge is 2.09. The number of carbonyl (C=O) groups is 1. The van der Waals surface area contributed by atoms with Gasteiger partial charge < -0.3 is 10.6 Å². The van der Waals surface area contributed by atoms with Gasteiger partial charge in [-0.1, -0.05) is 18.2 Å². The summed E-state index contributed by atoms with van der Waals surface area (Å²) < 4.78 is 13.6. The van der Waals surface area contributed by atoms with Gasteiger partial charge in [-0.2, -0.15) is 0 Å². The lowest BCUT2D eigenvalue weighted by Gasteiger charge is -2.08. The predicted octanol–water partition coefficient (Wildman–Crippen LogP) is 4.28. The summed E-state index contributed by atoms with van der Waals surface area (Å²) in [4.78, 5) is 16.3. The van der Waals surface area contributed by atoms with E-state index in [1.54, 1.807) is 36.5 Å². The Morgan fingerprint density at radius 3 is 2.77 bits per heavy atom. The second-order valence-electron chi connectivity index (χ2n) is 4.48. The molecule has 1 heterocycles. The molecule has 0 unspecified atom stereocenters. The van der Waals surface area contributed by atoms with E-state index in [1.165, 1.54) is 23.5 Å². The van der Waals surface area contributed by atoms with E-state index in [9.17, 15) is 9.18 Å². The van der Waals surface area contributed by atoms with Crippen LogP contribution in [-0.4, -0.2) is 10.9 Å². The number of aromatic nitrogens is 1. The van der Waals surface area contributed by atoms with Crippen LogP contribution < -0.4 is 10.6 Å². The van der Waals surface area contributed by atoms with E-state index in [-0.39, 0.29) is 11.6 Å². The third kappa shape index (κ3) is 3.29. The minimum absolute atomic E-state index is 0.158. The number of thiazole rings is 1. The summed E-state index contributed by atoms with van der Waals surface area (Å²) >= 11 is 1.46. The van der Waals surface area contributed by atoms with E-state index in [4.69, 9.17) is 0 Å². The Kier molecular flexibility index (Phi) is 4.11. The summed E-state index contributed by atoms with van der Waals surface area (Å²) in [7, 11) is 0. The van der Waals surface area contributed by atoms with Crippen LogP contribution in [0.2, 0.25) is 0 Å². The predicted molar refractivity (Wildman–Crippen MR) is 86.2 cm³/mol. The number of rotatable bonds is 4. The molecule has 0 aliphatic rings. The summed E-state index contributed by atoms with van der Waals surface area (Å²) in [6, 6.07) is 13.0. The topological polar surface area (TPSA) is 54.0 Å². The van der Waals surface area contributed by atoms with Crippen molar-refractivity contribution in [3.05, 3.63) is 71.5 Å². The van der Waals surface area contributed by atoms with Gasteiger partial charge in [-0.15, -0.1) is 11.3 Å². The molecule has 2 aromatic carbocycles. The van der Waals surface area contributed by atoms with Gasteiger partial charge in [-0.05, 0) is 30.3 Å². The van der Waals surface area contributed by atoms with Crippen LogP contribution in [0.3, 0.4) is 0 Å². The summed E-state index contributed by atoms with van der Waals surface area (Å²) in [5.41, 5.74) is 1.34. The van der Waals surface area contributed by atoms with Gasteiger partial charge in [-0.25, -0.2) is 9.37 Å². The highest BCUT2D eigenvalue weighted by atomic mass is 32.1. The van der Waals surface area contributed by atoms with Gasteiger partial charge in [0.2, 0.25) is 0 Å². The fourth-order valence-electron chi connectivity index (χ4n) is 1.90. The van der Waals surface area contributed by atoms with Gasteiger partial charge in [-0.3, -0.25) is 4.79 Å². The first-order chi connectivity index (χ1) is 10.7. The average molecular weight is 313 g/mol. The van der Waals surface area contributed by atoms with E-state index in [2.05, 4.69) is 15.6 Å². The molecule has 6 heteroatoms. The number of halogens is 1. The van der Waals surface area contributed by atoms with E-state index in [0.29, 0.717) is 5.56 Å². The van der Waals surface area contributed by atoms with Crippen LogP contribution >= 0.6 is 11.3 Å². The minimum atomic E-state index is -0.465. The molecule has 2 N–H and O–H groups in total. The Hall–Kier alpha value is -2.73. The van der Waals surface area contributed by atoms with Gasteiger partial charge in [0.25, 0.3) is 5.91 Å². The van der Waals surface area contributed by atoms with Crippen LogP contribution in [0, 0.1) is 5.82 Å². The van der Waals surface area contributed by atoms with Crippen molar-refractivity contribution in [1.82, 2.24) is 4.98 Å². The standard InChI is InChI=1S/C16H12FN3OS/c17-13-6-1-2-7-14(13)20-15(21)11-4-3-5-12(10-11)19-16-18-8-9-22-16/h1-10H,(H,18,19)(H,20,21). The van der Waals surface area contributed by atoms with Gasteiger partial charge in [0.15, 0.2) is 5.13 Å². The van der Waals surface area contributed by atoms with E-state index < -0.39 is 5.82 Å². The molecule has 0 atom stereocenters. The quantitative estimate of drug-likeness (QED) is 0.756. The Bertz CT molecular complexity index is 790. The molecule has 0 spiro atoms. The van der Waals surface area contributed by atoms with Crippen molar-refractivity contribution >= 4 is 33.8 Å². The van der Waals surface area contributed by atoms with Gasteiger partial charge in [0.05, 0.1) is 5.69 Å². The maximum Gasteiger partial charge on any atom is 0.255 e. The first-order valence-corrected chi connectivity index (χ1v) is 7.43. The zero-order valence-electron chi connectivity index (χ0n) is 11.4. The van der Waals surface area contributed by atoms with Gasteiger partial charge >= 0.3 is 0 Å². The van der Waals surface area contributed by atoms with Crippen LogP contribution in [0.4, 0.5) is 20.9 Å². The van der Waals surface area contributed by atoms with Crippen LogP contribution in [0.5, 0.6) is 0 Å². The molecule has 1 aromatic heterocycles. The fourth-order valence-corrected chi connectivity index (χ4v) is 2.45. The summed E-state index contributed by atoms with van der Waals surface area (Å²) in [5.74, 6) is -0.833. The number of anilines is 3. The van der Waals surface area contributed by atoms with Crippen molar-refractivity contribution in [1.29, 1.82) is 0 Å². The van der Waals surface area contributed by atoms with Gasteiger partial charge in [0, 0.05) is 22.8 Å². The lowest BCUT2D eigenvalue weighted by atomic mass is 10.2. The Labute approximate surface area is 130 Å². The zero-order valence-corrected chi connectivity index (χ0v) is 12.2. The van der Waals surface area contributed by atoms with Crippen molar-refractivity contribution in [3.8, 4) is 0 Å². The van der Waals surface area contributed by atoms with E-state index >= 15 is 0 Å². The molecule has 0 bridgehead atoms. The molecular weight excluding hydrogens is 301 g/mol. The molecule has 0 aliphatic carbocycles. The van der Waals surface area contributed by atoms with Crippen LogP contribution in [0.25, 0.3) is 0 Å². The maximum atomic E-state index is 13.6. The van der Waals surface area contributed by atoms with Crippen molar-refractivity contribution in [3.63, 3.8) is 0 Å². The number of hydrogen-bond donors (Lipinski definition) is 2. The van der Waals surface area contributed by atoms with E-state index in [0.717, 1.165) is 10.8 Å². The Morgan fingerprint density at radius 2 is 2.00 bits per heavy atom. The minimum Gasteiger partial charge on any atom is -0.332 e. The van der Waals surface area contributed by atoms with Crippen molar-refractivity contribution < 1.29 is 9.18 Å². The lowest BCUT2D eigenvalue weighted by molar-refractivity contribution is 0.102. The first-order valence-electron chi connectivity index (χ1n) is 6.55. The Morgan fingerprint density at radius 1 is 1.14 bits per heavy atom. The van der Waals surface area contributed by atoms with Crippen molar-refractivity contribution in [2.45, 2.75) is 0 Å². The lowest BCUT2D eigenvalue weighted by Crippen LogP contribution is -2.13. The highest BCUT2D eigenvalue weighted by Crippen LogP contribution is 2.20. The number of benzene rings is 2. The third-order valence-electron chi connectivity index (χ3n) is 2.93. The molecule has 1 amide bonds. The third-order valence-corrected chi connectivity index (χ3v) is 3.62. The molecule has 3 aromatic rings. The summed E-state index contributed by atoms with van der Waals surface area (Å²) in [5, 5.41) is 8.27. The highest BCUT2D eigenvalue weighted by molar-refractivity contribution is 7.13. The van der Waals surface area contributed by atoms with E-state index in [1.807, 2.05) is 11.4 Å².